The molecule has 2 nitrogen and oxygen atoms in total. The molecule has 0 aromatic heterocycles. The fraction of sp³-hybridized carbons (Fsp3) is 0.235. The van der Waals surface area contributed by atoms with E-state index in [1.54, 1.807) is 0 Å². The van der Waals surface area contributed by atoms with Gasteiger partial charge in [0.15, 0.2) is 0 Å². The molecule has 0 atom stereocenters. The van der Waals surface area contributed by atoms with Crippen molar-refractivity contribution < 1.29 is 0 Å². The van der Waals surface area contributed by atoms with Gasteiger partial charge in [0.1, 0.15) is 6.07 Å². The van der Waals surface area contributed by atoms with Gasteiger partial charge in [0.05, 0.1) is 11.3 Å². The van der Waals surface area contributed by atoms with Crippen LogP contribution in [-0.2, 0) is 6.42 Å². The lowest BCUT2D eigenvalue weighted by Gasteiger charge is -2.09. The van der Waals surface area contributed by atoms with Crippen LogP contribution in [-0.4, -0.2) is 0 Å². The molecule has 0 bridgehead atoms. The fourth-order valence-electron chi connectivity index (χ4n) is 2.01. The van der Waals surface area contributed by atoms with E-state index in [4.69, 9.17) is 5.26 Å². The van der Waals surface area contributed by atoms with Crippen LogP contribution in [0, 0.1) is 11.3 Å². The molecule has 0 aliphatic rings. The third-order valence-corrected chi connectivity index (χ3v) is 3.65. The zero-order valence-electron chi connectivity index (χ0n) is 11.5. The van der Waals surface area contributed by atoms with Crippen LogP contribution < -0.4 is 5.32 Å². The van der Waals surface area contributed by atoms with Crippen LogP contribution in [0.1, 0.15) is 30.9 Å². The third-order valence-electron chi connectivity index (χ3n) is 3.15. The van der Waals surface area contributed by atoms with E-state index in [1.165, 1.54) is 18.4 Å². The minimum atomic E-state index is 0.642. The second-order valence-electron chi connectivity index (χ2n) is 4.73. The monoisotopic (exact) mass is 328 g/mol. The molecule has 0 spiro atoms. The summed E-state index contributed by atoms with van der Waals surface area (Å²) in [6.07, 6.45) is 3.55. The molecule has 0 aliphatic carbocycles. The number of benzene rings is 2. The standard InChI is InChI=1S/C17H17BrN2/c1-2-3-4-13-5-9-16(10-6-13)20-17-11-15(18)8-7-14(17)12-19/h5-11,20H,2-4H2,1H3. The van der Waals surface area contributed by atoms with Crippen LogP contribution in [0.5, 0.6) is 0 Å². The largest absolute Gasteiger partial charge is 0.354 e. The van der Waals surface area contributed by atoms with E-state index in [2.05, 4.69) is 58.5 Å². The number of nitriles is 1. The first-order chi connectivity index (χ1) is 9.72. The molecule has 0 heterocycles. The first-order valence-corrected chi connectivity index (χ1v) is 7.58. The van der Waals surface area contributed by atoms with Gasteiger partial charge in [0, 0.05) is 10.2 Å². The van der Waals surface area contributed by atoms with E-state index in [-0.39, 0.29) is 0 Å². The van der Waals surface area contributed by atoms with Gasteiger partial charge in [-0.2, -0.15) is 5.26 Å². The van der Waals surface area contributed by atoms with Crippen molar-refractivity contribution in [3.05, 3.63) is 58.1 Å². The van der Waals surface area contributed by atoms with Crippen LogP contribution in [0.15, 0.2) is 46.9 Å². The second kappa shape index (κ2) is 7.12. The lowest BCUT2D eigenvalue weighted by molar-refractivity contribution is 0.795. The fourth-order valence-corrected chi connectivity index (χ4v) is 2.37. The number of rotatable bonds is 5. The van der Waals surface area contributed by atoms with E-state index in [0.717, 1.165) is 22.3 Å². The molecule has 0 unspecified atom stereocenters. The van der Waals surface area contributed by atoms with Gasteiger partial charge in [0.2, 0.25) is 0 Å². The van der Waals surface area contributed by atoms with Crippen molar-refractivity contribution in [2.24, 2.45) is 0 Å². The molecule has 102 valence electrons. The highest BCUT2D eigenvalue weighted by Gasteiger charge is 2.03. The molecule has 0 fully saturated rings. The minimum absolute atomic E-state index is 0.642. The first-order valence-electron chi connectivity index (χ1n) is 6.78. The van der Waals surface area contributed by atoms with Crippen molar-refractivity contribution in [1.29, 1.82) is 5.26 Å². The highest BCUT2D eigenvalue weighted by molar-refractivity contribution is 9.10. The van der Waals surface area contributed by atoms with Crippen molar-refractivity contribution in [2.75, 3.05) is 5.32 Å². The normalized spacial score (nSPS) is 10.1. The molecule has 0 amide bonds. The van der Waals surface area contributed by atoms with Gasteiger partial charge < -0.3 is 5.32 Å². The third kappa shape index (κ3) is 3.85. The maximum absolute atomic E-state index is 9.12. The summed E-state index contributed by atoms with van der Waals surface area (Å²) in [5.74, 6) is 0. The van der Waals surface area contributed by atoms with Crippen molar-refractivity contribution in [3.63, 3.8) is 0 Å². The molecule has 0 saturated carbocycles. The van der Waals surface area contributed by atoms with Gasteiger partial charge in [-0.15, -0.1) is 0 Å². The molecule has 0 saturated heterocycles. The summed E-state index contributed by atoms with van der Waals surface area (Å²) in [6, 6.07) is 16.2. The summed E-state index contributed by atoms with van der Waals surface area (Å²) >= 11 is 3.43. The van der Waals surface area contributed by atoms with E-state index in [9.17, 15) is 0 Å². The number of hydrogen-bond donors (Lipinski definition) is 1. The van der Waals surface area contributed by atoms with Crippen molar-refractivity contribution in [2.45, 2.75) is 26.2 Å². The van der Waals surface area contributed by atoms with E-state index >= 15 is 0 Å². The van der Waals surface area contributed by atoms with Crippen LogP contribution >= 0.6 is 15.9 Å². The minimum Gasteiger partial charge on any atom is -0.354 e. The van der Waals surface area contributed by atoms with Gasteiger partial charge in [-0.05, 0) is 48.7 Å². The summed E-state index contributed by atoms with van der Waals surface area (Å²) in [5, 5.41) is 12.4. The maximum atomic E-state index is 9.12. The number of halogens is 1. The molecule has 0 aliphatic heterocycles. The van der Waals surface area contributed by atoms with Crippen molar-refractivity contribution in [1.82, 2.24) is 0 Å². The molecule has 2 rings (SSSR count). The van der Waals surface area contributed by atoms with E-state index in [0.29, 0.717) is 5.56 Å². The number of anilines is 2. The lowest BCUT2D eigenvalue weighted by atomic mass is 10.1. The number of hydrogen-bond acceptors (Lipinski definition) is 2. The molecular weight excluding hydrogens is 312 g/mol. The topological polar surface area (TPSA) is 35.8 Å². The zero-order chi connectivity index (χ0) is 14.4. The summed E-state index contributed by atoms with van der Waals surface area (Å²) in [7, 11) is 0. The summed E-state index contributed by atoms with van der Waals surface area (Å²) in [6.45, 7) is 2.20. The van der Waals surface area contributed by atoms with Gasteiger partial charge in [-0.3, -0.25) is 0 Å². The Morgan fingerprint density at radius 2 is 1.90 bits per heavy atom. The number of nitrogens with zero attached hydrogens (tertiary/aromatic N) is 1. The molecule has 20 heavy (non-hydrogen) atoms. The number of unbranched alkanes of at least 4 members (excludes halogenated alkanes) is 1. The average molecular weight is 329 g/mol. The Labute approximate surface area is 128 Å². The van der Waals surface area contributed by atoms with Crippen LogP contribution in [0.2, 0.25) is 0 Å². The van der Waals surface area contributed by atoms with Crippen LogP contribution in [0.25, 0.3) is 0 Å². The summed E-state index contributed by atoms with van der Waals surface area (Å²) < 4.78 is 0.957. The predicted octanol–water partition coefficient (Wildman–Crippen LogP) is 5.41. The van der Waals surface area contributed by atoms with E-state index < -0.39 is 0 Å². The SMILES string of the molecule is CCCCc1ccc(Nc2cc(Br)ccc2C#N)cc1. The molecule has 1 N–H and O–H groups in total. The Bertz CT molecular complexity index is 612. The Morgan fingerprint density at radius 3 is 2.55 bits per heavy atom. The smallest absolute Gasteiger partial charge is 0.101 e. The van der Waals surface area contributed by atoms with Gasteiger partial charge >= 0.3 is 0 Å². The quantitative estimate of drug-likeness (QED) is 0.796. The molecule has 2 aromatic rings. The zero-order valence-corrected chi connectivity index (χ0v) is 13.1. The van der Waals surface area contributed by atoms with Crippen LogP contribution in [0.3, 0.4) is 0 Å². The summed E-state index contributed by atoms with van der Waals surface area (Å²) in [4.78, 5) is 0. The molecule has 2 aromatic carbocycles. The molecule has 0 radical (unpaired) electrons. The summed E-state index contributed by atoms with van der Waals surface area (Å²) in [5.41, 5.74) is 3.82. The van der Waals surface area contributed by atoms with Gasteiger partial charge in [-0.1, -0.05) is 41.4 Å². The molecule has 3 heteroatoms. The number of nitrogens with one attached hydrogen (secondary N) is 1. The van der Waals surface area contributed by atoms with Crippen LogP contribution in [0.4, 0.5) is 11.4 Å². The highest BCUT2D eigenvalue weighted by Crippen LogP contribution is 2.25. The van der Waals surface area contributed by atoms with Crippen molar-refractivity contribution in [3.8, 4) is 6.07 Å². The Morgan fingerprint density at radius 1 is 1.15 bits per heavy atom. The van der Waals surface area contributed by atoms with Crippen molar-refractivity contribution >= 4 is 27.3 Å². The Balaban J connectivity index is 2.14. The lowest BCUT2D eigenvalue weighted by Crippen LogP contribution is -1.94. The number of aryl methyl sites for hydroxylation is 1. The van der Waals surface area contributed by atoms with E-state index in [1.807, 2.05) is 18.2 Å². The predicted molar refractivity (Wildman–Crippen MR) is 87.2 cm³/mol. The Hall–Kier alpha value is -1.79. The van der Waals surface area contributed by atoms with Gasteiger partial charge in [0.25, 0.3) is 0 Å². The first kappa shape index (κ1) is 14.6. The highest BCUT2D eigenvalue weighted by atomic mass is 79.9. The van der Waals surface area contributed by atoms with Gasteiger partial charge in [-0.25, -0.2) is 0 Å². The molecular formula is C17H17BrN2. The Kier molecular flexibility index (Phi) is 5.20. The second-order valence-corrected chi connectivity index (χ2v) is 5.64. The average Bonchev–Trinajstić information content (AvgIpc) is 2.47. The maximum Gasteiger partial charge on any atom is 0.101 e.